The van der Waals surface area contributed by atoms with E-state index in [1.807, 2.05) is 0 Å². The van der Waals surface area contributed by atoms with Crippen LogP contribution in [0.15, 0.2) is 109 Å². The van der Waals surface area contributed by atoms with Gasteiger partial charge >= 0.3 is 0 Å². The number of benzene rings is 5. The zero-order valence-corrected chi connectivity index (χ0v) is 17.0. The van der Waals surface area contributed by atoms with Crippen molar-refractivity contribution in [2.24, 2.45) is 0 Å². The molecule has 0 radical (unpaired) electrons. The van der Waals surface area contributed by atoms with Crippen LogP contribution < -0.4 is 5.32 Å². The van der Waals surface area contributed by atoms with Gasteiger partial charge in [-0.3, -0.25) is 0 Å². The number of aryl methyl sites for hydroxylation is 2. The van der Waals surface area contributed by atoms with E-state index in [2.05, 4.69) is 115 Å². The van der Waals surface area contributed by atoms with Crippen molar-refractivity contribution in [3.63, 3.8) is 0 Å². The van der Waals surface area contributed by atoms with Crippen LogP contribution in [0.3, 0.4) is 0 Å². The minimum absolute atomic E-state index is 1.10. The van der Waals surface area contributed by atoms with E-state index in [0.29, 0.717) is 0 Å². The van der Waals surface area contributed by atoms with Crippen molar-refractivity contribution in [2.75, 3.05) is 5.32 Å². The van der Waals surface area contributed by atoms with Crippen LogP contribution in [0.5, 0.6) is 0 Å². The lowest BCUT2D eigenvalue weighted by Crippen LogP contribution is -1.93. The van der Waals surface area contributed by atoms with E-state index >= 15 is 0 Å². The van der Waals surface area contributed by atoms with Gasteiger partial charge in [-0.1, -0.05) is 84.9 Å². The van der Waals surface area contributed by atoms with Crippen LogP contribution in [0, 0.1) is 0 Å². The molecule has 0 saturated carbocycles. The molecule has 0 amide bonds. The fourth-order valence-corrected chi connectivity index (χ4v) is 4.08. The van der Waals surface area contributed by atoms with Crippen LogP contribution in [0.2, 0.25) is 0 Å². The molecule has 5 aromatic rings. The molecule has 0 fully saturated rings. The van der Waals surface area contributed by atoms with Gasteiger partial charge in [-0.15, -0.1) is 0 Å². The summed E-state index contributed by atoms with van der Waals surface area (Å²) in [5.74, 6) is 0. The number of hydrogen-bond donors (Lipinski definition) is 1. The second kappa shape index (κ2) is 8.42. The average molecular weight is 388 g/mol. The van der Waals surface area contributed by atoms with Crippen molar-refractivity contribution in [2.45, 2.75) is 19.3 Å². The number of hydrogen-bond acceptors (Lipinski definition) is 1. The molecule has 1 nitrogen and oxygen atoms in total. The molecule has 0 aliphatic rings. The summed E-state index contributed by atoms with van der Waals surface area (Å²) in [5.41, 5.74) is 5.06. The predicted molar refractivity (Wildman–Crippen MR) is 130 cm³/mol. The van der Waals surface area contributed by atoms with Gasteiger partial charge in [-0.25, -0.2) is 0 Å². The molecule has 0 saturated heterocycles. The molecule has 146 valence electrons. The lowest BCUT2D eigenvalue weighted by molar-refractivity contribution is 0.822. The van der Waals surface area contributed by atoms with Crippen molar-refractivity contribution in [1.82, 2.24) is 0 Å². The Hall–Kier alpha value is -3.58. The first-order valence-electron chi connectivity index (χ1n) is 10.7. The molecular formula is C29H25N. The summed E-state index contributed by atoms with van der Waals surface area (Å²) < 4.78 is 0. The fourth-order valence-electron chi connectivity index (χ4n) is 4.08. The zero-order valence-electron chi connectivity index (χ0n) is 17.0. The highest BCUT2D eigenvalue weighted by Crippen LogP contribution is 2.23. The maximum atomic E-state index is 3.52. The molecule has 5 aromatic carbocycles. The van der Waals surface area contributed by atoms with Crippen molar-refractivity contribution in [1.29, 1.82) is 0 Å². The predicted octanol–water partition coefficient (Wildman–Crippen LogP) is 7.91. The highest BCUT2D eigenvalue weighted by atomic mass is 14.9. The second-order valence-electron chi connectivity index (χ2n) is 7.92. The number of rotatable bonds is 6. The summed E-state index contributed by atoms with van der Waals surface area (Å²) in [7, 11) is 0. The smallest absolute Gasteiger partial charge is 0.0390 e. The zero-order chi connectivity index (χ0) is 20.2. The van der Waals surface area contributed by atoms with Crippen LogP contribution in [0.25, 0.3) is 21.5 Å². The molecule has 0 bridgehead atoms. The normalized spacial score (nSPS) is 11.1. The van der Waals surface area contributed by atoms with Gasteiger partial charge in [-0.2, -0.15) is 0 Å². The second-order valence-corrected chi connectivity index (χ2v) is 7.92. The fraction of sp³-hybridized carbons (Fsp3) is 0.103. The first-order valence-corrected chi connectivity index (χ1v) is 10.7. The standard InChI is InChI=1S/C29H25N/c1-3-10-26-20-23(12-15-24(26)8-1)7-5-6-22-13-17-28(18-14-22)30-29-19-16-25-9-2-4-11-27(25)21-29/h1-4,8-21,30H,5-7H2. The number of anilines is 2. The minimum atomic E-state index is 1.10. The summed E-state index contributed by atoms with van der Waals surface area (Å²) in [4.78, 5) is 0. The van der Waals surface area contributed by atoms with E-state index in [9.17, 15) is 0 Å². The quantitative estimate of drug-likeness (QED) is 0.312. The average Bonchev–Trinajstić information content (AvgIpc) is 2.80. The van der Waals surface area contributed by atoms with Crippen LogP contribution in [0.1, 0.15) is 17.5 Å². The van der Waals surface area contributed by atoms with Gasteiger partial charge in [0.25, 0.3) is 0 Å². The van der Waals surface area contributed by atoms with Crippen LogP contribution in [-0.4, -0.2) is 0 Å². The topological polar surface area (TPSA) is 12.0 Å². The van der Waals surface area contributed by atoms with E-state index in [4.69, 9.17) is 0 Å². The molecule has 0 aliphatic heterocycles. The van der Waals surface area contributed by atoms with Gasteiger partial charge in [0.05, 0.1) is 0 Å². The molecule has 1 N–H and O–H groups in total. The molecule has 0 atom stereocenters. The Balaban J connectivity index is 1.19. The summed E-state index contributed by atoms with van der Waals surface area (Å²) in [5, 5.41) is 8.70. The van der Waals surface area contributed by atoms with E-state index in [1.54, 1.807) is 0 Å². The Morgan fingerprint density at radius 1 is 0.433 bits per heavy atom. The first-order chi connectivity index (χ1) is 14.8. The highest BCUT2D eigenvalue weighted by Gasteiger charge is 2.00. The molecule has 0 unspecified atom stereocenters. The maximum absolute atomic E-state index is 3.52. The minimum Gasteiger partial charge on any atom is -0.356 e. The van der Waals surface area contributed by atoms with Gasteiger partial charge in [0, 0.05) is 11.4 Å². The number of nitrogens with one attached hydrogen (secondary N) is 1. The van der Waals surface area contributed by atoms with Gasteiger partial charge in [0.15, 0.2) is 0 Å². The van der Waals surface area contributed by atoms with Crippen molar-refractivity contribution in [3.8, 4) is 0 Å². The molecular weight excluding hydrogens is 362 g/mol. The molecule has 5 rings (SSSR count). The van der Waals surface area contributed by atoms with Crippen molar-refractivity contribution >= 4 is 32.9 Å². The summed E-state index contributed by atoms with van der Waals surface area (Å²) in [6.07, 6.45) is 3.38. The number of fused-ring (bicyclic) bond motifs is 2. The largest absolute Gasteiger partial charge is 0.356 e. The third-order valence-corrected chi connectivity index (χ3v) is 5.74. The van der Waals surface area contributed by atoms with Crippen molar-refractivity contribution in [3.05, 3.63) is 120 Å². The highest BCUT2D eigenvalue weighted by molar-refractivity contribution is 5.86. The Morgan fingerprint density at radius 2 is 0.967 bits per heavy atom. The van der Waals surface area contributed by atoms with Gasteiger partial charge in [0.1, 0.15) is 0 Å². The van der Waals surface area contributed by atoms with Crippen LogP contribution in [-0.2, 0) is 12.8 Å². The van der Waals surface area contributed by atoms with Crippen LogP contribution in [0.4, 0.5) is 11.4 Å². The third kappa shape index (κ3) is 4.21. The third-order valence-electron chi connectivity index (χ3n) is 5.74. The summed E-state index contributed by atoms with van der Waals surface area (Å²) in [6.45, 7) is 0. The van der Waals surface area contributed by atoms with E-state index < -0.39 is 0 Å². The van der Waals surface area contributed by atoms with Crippen molar-refractivity contribution < 1.29 is 0 Å². The van der Waals surface area contributed by atoms with Gasteiger partial charge in [0.2, 0.25) is 0 Å². The molecule has 0 heterocycles. The molecule has 30 heavy (non-hydrogen) atoms. The Labute approximate surface area is 178 Å². The van der Waals surface area contributed by atoms with Crippen LogP contribution >= 0.6 is 0 Å². The summed E-state index contributed by atoms with van der Waals surface area (Å²) in [6, 6.07) is 39.2. The first kappa shape index (κ1) is 18.4. The molecule has 0 spiro atoms. The Morgan fingerprint density at radius 3 is 1.70 bits per heavy atom. The lowest BCUT2D eigenvalue weighted by atomic mass is 10.0. The van der Waals surface area contributed by atoms with E-state index in [1.165, 1.54) is 32.7 Å². The maximum Gasteiger partial charge on any atom is 0.0390 e. The van der Waals surface area contributed by atoms with E-state index in [-0.39, 0.29) is 0 Å². The Bertz CT molecular complexity index is 1280. The van der Waals surface area contributed by atoms with E-state index in [0.717, 1.165) is 30.6 Å². The molecule has 0 aromatic heterocycles. The van der Waals surface area contributed by atoms with Gasteiger partial charge in [-0.05, 0) is 76.2 Å². The SMILES string of the molecule is c1ccc2cc(CCCc3ccc(Nc4ccc5ccccc5c4)cc3)ccc2c1. The Kier molecular flexibility index (Phi) is 5.18. The molecule has 0 aliphatic carbocycles. The lowest BCUT2D eigenvalue weighted by Gasteiger charge is -2.09. The molecule has 1 heteroatoms. The van der Waals surface area contributed by atoms with Gasteiger partial charge < -0.3 is 5.32 Å². The summed E-state index contributed by atoms with van der Waals surface area (Å²) >= 11 is 0. The monoisotopic (exact) mass is 387 g/mol.